The van der Waals surface area contributed by atoms with Gasteiger partial charge in [-0.15, -0.1) is 0 Å². The zero-order valence-corrected chi connectivity index (χ0v) is 11.6. The Morgan fingerprint density at radius 2 is 2.26 bits per heavy atom. The van der Waals surface area contributed by atoms with E-state index in [0.29, 0.717) is 19.1 Å². The molecule has 1 fully saturated rings. The fourth-order valence-corrected chi connectivity index (χ4v) is 2.85. The van der Waals surface area contributed by atoms with Crippen molar-refractivity contribution in [3.05, 3.63) is 23.7 Å². The third-order valence-corrected chi connectivity index (χ3v) is 4.05. The van der Waals surface area contributed by atoms with Gasteiger partial charge in [-0.1, -0.05) is 0 Å². The maximum Gasteiger partial charge on any atom is 0.221 e. The van der Waals surface area contributed by atoms with Crippen molar-refractivity contribution < 1.29 is 9.21 Å². The monoisotopic (exact) mass is 265 g/mol. The van der Waals surface area contributed by atoms with Crippen molar-refractivity contribution in [3.8, 4) is 0 Å². The zero-order chi connectivity index (χ0) is 14.0. The van der Waals surface area contributed by atoms with Crippen molar-refractivity contribution >= 4 is 5.91 Å². The normalized spacial score (nSPS) is 26.3. The molecule has 0 aliphatic carbocycles. The van der Waals surface area contributed by atoms with Gasteiger partial charge in [0.05, 0.1) is 12.0 Å². The summed E-state index contributed by atoms with van der Waals surface area (Å²) in [6, 6.07) is 4.31. The molecular weight excluding hydrogens is 242 g/mol. The lowest BCUT2D eigenvalue weighted by Crippen LogP contribution is -2.48. The number of hydrogen-bond donors (Lipinski definition) is 2. The van der Waals surface area contributed by atoms with Gasteiger partial charge in [0.25, 0.3) is 0 Å². The van der Waals surface area contributed by atoms with Gasteiger partial charge in [0.2, 0.25) is 5.91 Å². The number of rotatable bonds is 4. The molecule has 1 amide bonds. The second-order valence-corrected chi connectivity index (χ2v) is 5.42. The average Bonchev–Trinajstić information content (AvgIpc) is 2.79. The van der Waals surface area contributed by atoms with Gasteiger partial charge in [0.1, 0.15) is 11.5 Å². The van der Waals surface area contributed by atoms with Gasteiger partial charge in [-0.3, -0.25) is 9.69 Å². The van der Waals surface area contributed by atoms with Crippen LogP contribution in [-0.2, 0) is 4.79 Å². The van der Waals surface area contributed by atoms with Crippen molar-refractivity contribution in [1.82, 2.24) is 4.90 Å². The van der Waals surface area contributed by atoms with E-state index in [9.17, 15) is 4.79 Å². The molecule has 1 aromatic rings. The van der Waals surface area contributed by atoms with Crippen LogP contribution >= 0.6 is 0 Å². The lowest BCUT2D eigenvalue weighted by Gasteiger charge is -2.40. The van der Waals surface area contributed by atoms with Crippen LogP contribution in [0.4, 0.5) is 0 Å². The first kappa shape index (κ1) is 14.1. The number of furan rings is 1. The van der Waals surface area contributed by atoms with Crippen LogP contribution in [-0.4, -0.2) is 29.9 Å². The van der Waals surface area contributed by atoms with Gasteiger partial charge >= 0.3 is 0 Å². The number of carbonyl (C=O) groups is 1. The summed E-state index contributed by atoms with van der Waals surface area (Å²) >= 11 is 0. The molecule has 5 heteroatoms. The molecule has 3 atom stereocenters. The van der Waals surface area contributed by atoms with Crippen LogP contribution in [0.25, 0.3) is 0 Å². The highest BCUT2D eigenvalue weighted by atomic mass is 16.3. The van der Waals surface area contributed by atoms with E-state index in [0.717, 1.165) is 24.4 Å². The minimum atomic E-state index is -0.219. The van der Waals surface area contributed by atoms with E-state index in [1.165, 1.54) is 0 Å². The highest BCUT2D eigenvalue weighted by molar-refractivity contribution is 5.77. The molecular formula is C14H23N3O2. The maximum absolute atomic E-state index is 11.4. The average molecular weight is 265 g/mol. The molecule has 19 heavy (non-hydrogen) atoms. The van der Waals surface area contributed by atoms with E-state index in [2.05, 4.69) is 11.8 Å². The summed E-state index contributed by atoms with van der Waals surface area (Å²) in [6.45, 7) is 5.22. The van der Waals surface area contributed by atoms with E-state index in [4.69, 9.17) is 15.9 Å². The second-order valence-electron chi connectivity index (χ2n) is 5.42. The van der Waals surface area contributed by atoms with Crippen LogP contribution in [0.2, 0.25) is 0 Å². The number of carbonyl (C=O) groups excluding carboxylic acids is 1. The van der Waals surface area contributed by atoms with Crippen LogP contribution in [0.1, 0.15) is 37.3 Å². The Kier molecular flexibility index (Phi) is 4.27. The molecule has 2 rings (SSSR count). The van der Waals surface area contributed by atoms with Crippen molar-refractivity contribution in [3.63, 3.8) is 0 Å². The van der Waals surface area contributed by atoms with E-state index >= 15 is 0 Å². The van der Waals surface area contributed by atoms with Crippen LogP contribution in [0.5, 0.6) is 0 Å². The Hall–Kier alpha value is -1.33. The Morgan fingerprint density at radius 3 is 2.79 bits per heavy atom. The molecule has 0 saturated carbocycles. The van der Waals surface area contributed by atoms with Gasteiger partial charge in [0, 0.05) is 19.1 Å². The molecule has 1 saturated heterocycles. The van der Waals surface area contributed by atoms with Crippen molar-refractivity contribution in [2.75, 3.05) is 13.1 Å². The maximum atomic E-state index is 11.4. The molecule has 5 nitrogen and oxygen atoms in total. The summed E-state index contributed by atoms with van der Waals surface area (Å²) in [7, 11) is 0. The first-order valence-electron chi connectivity index (χ1n) is 6.84. The summed E-state index contributed by atoms with van der Waals surface area (Å²) in [5.74, 6) is 1.45. The molecule has 1 aromatic heterocycles. The van der Waals surface area contributed by atoms with E-state index in [-0.39, 0.29) is 17.9 Å². The molecule has 0 spiro atoms. The molecule has 3 unspecified atom stereocenters. The Morgan fingerprint density at radius 1 is 1.53 bits per heavy atom. The largest absolute Gasteiger partial charge is 0.465 e. The van der Waals surface area contributed by atoms with Crippen molar-refractivity contribution in [2.24, 2.45) is 17.4 Å². The van der Waals surface area contributed by atoms with Crippen molar-refractivity contribution in [2.45, 2.75) is 38.8 Å². The summed E-state index contributed by atoms with van der Waals surface area (Å²) in [5, 5.41) is 0. The highest BCUT2D eigenvalue weighted by Gasteiger charge is 2.34. The molecule has 1 aliphatic rings. The van der Waals surface area contributed by atoms with Crippen molar-refractivity contribution in [1.29, 1.82) is 0 Å². The molecule has 0 aromatic carbocycles. The quantitative estimate of drug-likeness (QED) is 0.855. The van der Waals surface area contributed by atoms with Crippen LogP contribution in [0.3, 0.4) is 0 Å². The zero-order valence-electron chi connectivity index (χ0n) is 11.6. The van der Waals surface area contributed by atoms with E-state index in [1.54, 1.807) is 0 Å². The molecule has 0 radical (unpaired) electrons. The number of amides is 1. The molecule has 106 valence electrons. The molecule has 4 N–H and O–H groups in total. The van der Waals surface area contributed by atoms with E-state index in [1.807, 2.05) is 19.1 Å². The predicted molar refractivity (Wildman–Crippen MR) is 73.3 cm³/mol. The first-order valence-corrected chi connectivity index (χ1v) is 6.84. The number of piperidine rings is 1. The third-order valence-electron chi connectivity index (χ3n) is 4.05. The number of aryl methyl sites for hydroxylation is 1. The number of nitrogens with zero attached hydrogens (tertiary/aromatic N) is 1. The second kappa shape index (κ2) is 5.75. The van der Waals surface area contributed by atoms with Crippen LogP contribution < -0.4 is 11.5 Å². The van der Waals surface area contributed by atoms with Gasteiger partial charge in [0.15, 0.2) is 0 Å². The van der Waals surface area contributed by atoms with Gasteiger partial charge < -0.3 is 15.9 Å². The summed E-state index contributed by atoms with van der Waals surface area (Å²) in [4.78, 5) is 13.6. The summed E-state index contributed by atoms with van der Waals surface area (Å²) < 4.78 is 5.70. The topological polar surface area (TPSA) is 85.5 Å². The smallest absolute Gasteiger partial charge is 0.221 e. The van der Waals surface area contributed by atoms with Gasteiger partial charge in [-0.2, -0.15) is 0 Å². The standard InChI is InChI=1S/C14H23N3O2/c1-9-3-5-11(14(16)18)8-17(9)12(7-15)13-6-4-10(2)19-13/h4,6,9,11-12H,3,5,7-8,15H2,1-2H3,(H2,16,18). The molecule has 2 heterocycles. The first-order chi connectivity index (χ1) is 9.02. The molecule has 1 aliphatic heterocycles. The summed E-state index contributed by atoms with van der Waals surface area (Å²) in [5.41, 5.74) is 11.3. The minimum absolute atomic E-state index is 0.0193. The lowest BCUT2D eigenvalue weighted by atomic mass is 9.91. The Bertz CT molecular complexity index is 444. The van der Waals surface area contributed by atoms with Crippen LogP contribution in [0.15, 0.2) is 16.5 Å². The number of hydrogen-bond acceptors (Lipinski definition) is 4. The Labute approximate surface area is 113 Å². The predicted octanol–water partition coefficient (Wildman–Crippen LogP) is 1.17. The lowest BCUT2D eigenvalue weighted by molar-refractivity contribution is -0.124. The SMILES string of the molecule is Cc1ccc(C(CN)N2CC(C(N)=O)CCC2C)o1. The van der Waals surface area contributed by atoms with Gasteiger partial charge in [-0.05, 0) is 38.8 Å². The summed E-state index contributed by atoms with van der Waals surface area (Å²) in [6.07, 6.45) is 1.82. The fraction of sp³-hybridized carbons (Fsp3) is 0.643. The third kappa shape index (κ3) is 2.98. The van der Waals surface area contributed by atoms with E-state index < -0.39 is 0 Å². The minimum Gasteiger partial charge on any atom is -0.465 e. The fourth-order valence-electron chi connectivity index (χ4n) is 2.85. The number of primary amides is 1. The number of likely N-dealkylation sites (tertiary alicyclic amines) is 1. The van der Waals surface area contributed by atoms with Crippen LogP contribution in [0, 0.1) is 12.8 Å². The highest BCUT2D eigenvalue weighted by Crippen LogP contribution is 2.31. The Balaban J connectivity index is 2.18. The van der Waals surface area contributed by atoms with Gasteiger partial charge in [-0.25, -0.2) is 0 Å². The molecule has 0 bridgehead atoms. The number of nitrogens with two attached hydrogens (primary N) is 2.